The minimum atomic E-state index is -4.44. The Morgan fingerprint density at radius 3 is 2.02 bits per heavy atom. The Kier molecular flexibility index (Phi) is 7.81. The van der Waals surface area contributed by atoms with Gasteiger partial charge in [-0.2, -0.15) is 0 Å². The molecule has 240 valence electrons. The molecule has 3 saturated heterocycles. The number of nitrogens with two attached hydrogens (primary N) is 2. The van der Waals surface area contributed by atoms with Crippen LogP contribution in [0.15, 0.2) is 25.3 Å². The molecule has 2 bridgehead atoms. The van der Waals surface area contributed by atoms with E-state index >= 15 is 8.78 Å². The minimum Gasteiger partial charge on any atom is -0.382 e. The standard InChI is InChI=1S/C21H22F2N10O8P2S2/c1-45-43(35)37-3-9-14(11(23)20(39-9)32-6-30-12-16(24)26-4-28-18(12)32)40-42(34,44)36-2-8-10(22)15(41-43)21(38-8)33-7-31-13-17(25)27-5-29-19(13)33/h1,4-11,14-15,20-21H,2-3H2,(H,34,44)(H2,24,26,28)(H2,25,27,29)/t8-,9-,10-,11-,14-,15-,20-,21-,42-,43-/m1/s1. The lowest BCUT2D eigenvalue weighted by Crippen LogP contribution is -2.33. The van der Waals surface area contributed by atoms with Crippen LogP contribution in [0.3, 0.4) is 0 Å². The maximum Gasteiger partial charge on any atom is 0.418 e. The highest BCUT2D eigenvalue weighted by Gasteiger charge is 2.54. The van der Waals surface area contributed by atoms with E-state index in [-0.39, 0.29) is 44.8 Å². The van der Waals surface area contributed by atoms with Gasteiger partial charge < -0.3 is 20.9 Å². The Morgan fingerprint density at radius 2 is 1.40 bits per heavy atom. The number of aromatic nitrogens is 8. The molecule has 45 heavy (non-hydrogen) atoms. The zero-order valence-corrected chi connectivity index (χ0v) is 25.9. The van der Waals surface area contributed by atoms with Gasteiger partial charge in [-0.25, -0.2) is 47.8 Å². The Bertz CT molecular complexity index is 1930. The number of rotatable bonds is 2. The van der Waals surface area contributed by atoms with Crippen LogP contribution in [0.2, 0.25) is 0 Å². The number of alkyl halides is 2. The summed E-state index contributed by atoms with van der Waals surface area (Å²) in [6.45, 7) is -10.3. The van der Waals surface area contributed by atoms with Crippen LogP contribution < -0.4 is 11.5 Å². The van der Waals surface area contributed by atoms with E-state index in [2.05, 4.69) is 42.2 Å². The van der Waals surface area contributed by atoms with Crippen molar-refractivity contribution in [2.24, 2.45) is 0 Å². The summed E-state index contributed by atoms with van der Waals surface area (Å²) in [5.41, 5.74) is 18.1. The molecule has 0 aromatic carbocycles. The summed E-state index contributed by atoms with van der Waals surface area (Å²) in [6, 6.07) is 0. The van der Waals surface area contributed by atoms with Gasteiger partial charge in [0, 0.05) is 0 Å². The maximum absolute atomic E-state index is 16.0. The molecule has 4 aromatic rings. The van der Waals surface area contributed by atoms with Gasteiger partial charge in [-0.3, -0.25) is 27.2 Å². The summed E-state index contributed by atoms with van der Waals surface area (Å²) in [7, 11) is 0.167. The molecule has 0 amide bonds. The van der Waals surface area contributed by atoms with Crippen LogP contribution in [0.25, 0.3) is 22.3 Å². The Balaban J connectivity index is 1.22. The molecule has 0 unspecified atom stereocenters. The van der Waals surface area contributed by atoms with E-state index in [1.807, 2.05) is 0 Å². The summed E-state index contributed by atoms with van der Waals surface area (Å²) < 4.78 is 95.4. The second kappa shape index (κ2) is 11.4. The monoisotopic (exact) mass is 706 g/mol. The van der Waals surface area contributed by atoms with Crippen LogP contribution in [0.1, 0.15) is 12.5 Å². The largest absolute Gasteiger partial charge is 0.418 e. The lowest BCUT2D eigenvalue weighted by atomic mass is 10.1. The third-order valence-corrected chi connectivity index (χ3v) is 11.5. The zero-order valence-electron chi connectivity index (χ0n) is 22.4. The second-order valence-electron chi connectivity index (χ2n) is 9.94. The number of hydrogen-bond acceptors (Lipinski definition) is 16. The van der Waals surface area contributed by atoms with Crippen molar-refractivity contribution in [3.63, 3.8) is 0 Å². The topological polar surface area (TPSA) is 229 Å². The van der Waals surface area contributed by atoms with E-state index in [0.717, 1.165) is 12.7 Å². The number of ether oxygens (including phenoxy) is 2. The van der Waals surface area contributed by atoms with E-state index < -0.39 is 76.0 Å². The molecule has 3 aliphatic heterocycles. The number of nitrogen functional groups attached to an aromatic ring is 2. The highest BCUT2D eigenvalue weighted by molar-refractivity contribution is 8.48. The minimum absolute atomic E-state index is 0.0431. The average molecular weight is 707 g/mol. The molecule has 18 nitrogen and oxygen atoms in total. The van der Waals surface area contributed by atoms with Gasteiger partial charge in [-0.1, -0.05) is 17.9 Å². The fourth-order valence-electron chi connectivity index (χ4n) is 5.21. The first-order valence-electron chi connectivity index (χ1n) is 12.9. The predicted octanol–water partition coefficient (Wildman–Crippen LogP) is 2.59. The maximum atomic E-state index is 16.0. The third kappa shape index (κ3) is 5.39. The number of imidazole rings is 2. The van der Waals surface area contributed by atoms with Gasteiger partial charge >= 0.3 is 13.6 Å². The van der Waals surface area contributed by atoms with E-state index in [4.69, 9.17) is 44.7 Å². The molecule has 0 radical (unpaired) electrons. The van der Waals surface area contributed by atoms with Crippen LogP contribution >= 0.6 is 36.6 Å². The van der Waals surface area contributed by atoms with E-state index in [1.165, 1.54) is 21.8 Å². The molecular weight excluding hydrogens is 684 g/mol. The smallest absolute Gasteiger partial charge is 0.382 e. The number of anilines is 2. The molecule has 3 fully saturated rings. The molecule has 10 atom stereocenters. The van der Waals surface area contributed by atoms with Crippen molar-refractivity contribution < 1.29 is 45.5 Å². The third-order valence-electron chi connectivity index (χ3n) is 7.29. The Labute approximate surface area is 259 Å². The van der Waals surface area contributed by atoms with E-state index in [1.54, 1.807) is 0 Å². The fourth-order valence-corrected chi connectivity index (χ4v) is 8.52. The molecule has 4 N–H and O–H groups in total. The highest BCUT2D eigenvalue weighted by Crippen LogP contribution is 2.61. The number of nitrogens with zero attached hydrogens (tertiary/aromatic N) is 8. The number of thiol groups is 1. The molecule has 0 saturated carbocycles. The molecule has 0 aliphatic carbocycles. The fraction of sp³-hybridized carbons (Fsp3) is 0.476. The first-order valence-corrected chi connectivity index (χ1v) is 18.6. The van der Waals surface area contributed by atoms with Crippen LogP contribution in [0, 0.1) is 5.69 Å². The summed E-state index contributed by atoms with van der Waals surface area (Å²) in [5.74, 6) is 0.0875. The summed E-state index contributed by atoms with van der Waals surface area (Å²) in [5, 5.41) is 0. The molecule has 24 heteroatoms. The molecule has 3 aliphatic rings. The van der Waals surface area contributed by atoms with E-state index in [9.17, 15) is 9.13 Å². The normalized spacial score (nSPS) is 37.6. The van der Waals surface area contributed by atoms with Crippen molar-refractivity contribution in [3.05, 3.63) is 25.3 Å². The van der Waals surface area contributed by atoms with Crippen molar-refractivity contribution in [3.8, 4) is 5.69 Å². The number of hydrogen-bond donors (Lipinski definition) is 3. The van der Waals surface area contributed by atoms with Crippen molar-refractivity contribution in [1.29, 1.82) is 0 Å². The Morgan fingerprint density at radius 1 is 0.822 bits per heavy atom. The van der Waals surface area contributed by atoms with Crippen LogP contribution in [-0.2, 0) is 36.7 Å². The molecular formula is C21H22F2N10O8P2S2. The molecule has 4 aromatic heterocycles. The number of halogens is 2. The van der Waals surface area contributed by atoms with Gasteiger partial charge in [0.2, 0.25) is 0 Å². The van der Waals surface area contributed by atoms with Gasteiger partial charge in [0.05, 0.1) is 25.9 Å². The van der Waals surface area contributed by atoms with Gasteiger partial charge in [0.15, 0.2) is 47.7 Å². The summed E-state index contributed by atoms with van der Waals surface area (Å²) in [4.78, 5) is 24.2. The van der Waals surface area contributed by atoms with Crippen LogP contribution in [0.4, 0.5) is 20.4 Å². The molecule has 7 rings (SSSR count). The van der Waals surface area contributed by atoms with Crippen molar-refractivity contribution in [2.75, 3.05) is 24.7 Å². The first kappa shape index (κ1) is 30.8. The first-order chi connectivity index (χ1) is 21.5. The van der Waals surface area contributed by atoms with E-state index in [0.29, 0.717) is 0 Å². The Hall–Kier alpha value is -2.87. The quantitative estimate of drug-likeness (QED) is 0.201. The second-order valence-corrected chi connectivity index (χ2v) is 16.4. The van der Waals surface area contributed by atoms with Crippen molar-refractivity contribution >= 4 is 70.6 Å². The highest BCUT2D eigenvalue weighted by atomic mass is 32.7. The summed E-state index contributed by atoms with van der Waals surface area (Å²) >= 11 is 3.98. The van der Waals surface area contributed by atoms with Gasteiger partial charge in [-0.05, 0) is 10.8 Å². The zero-order chi connectivity index (χ0) is 31.7. The average Bonchev–Trinajstić information content (AvgIpc) is 3.77. The van der Waals surface area contributed by atoms with Crippen LogP contribution in [-0.4, -0.2) is 89.0 Å². The SMILES string of the molecule is C#S[P@]1(=O)OC[C@H]2O[C@@H](n3cnc4c(N)ncnc43)[C@H](F)[C@@H]2O[P@](=O)(S)OC[C@H]2O[C@@H](n3cnc4c(N)ncnc43)[C@H](O1)[C@@H]2F. The van der Waals surface area contributed by atoms with Crippen LogP contribution in [0.5, 0.6) is 0 Å². The summed E-state index contributed by atoms with van der Waals surface area (Å²) in [6.07, 6.45) is -8.33. The van der Waals surface area contributed by atoms with Crippen molar-refractivity contribution in [2.45, 2.75) is 49.2 Å². The molecule has 0 spiro atoms. The predicted molar refractivity (Wildman–Crippen MR) is 155 cm³/mol. The molecule has 7 heterocycles. The van der Waals surface area contributed by atoms with Gasteiger partial charge in [0.25, 0.3) is 0 Å². The lowest BCUT2D eigenvalue weighted by Gasteiger charge is -2.26. The van der Waals surface area contributed by atoms with Gasteiger partial charge in [-0.15, -0.1) is 0 Å². The number of fused-ring (bicyclic) bond motifs is 5. The van der Waals surface area contributed by atoms with Gasteiger partial charge in [0.1, 0.15) is 48.1 Å². The lowest BCUT2D eigenvalue weighted by molar-refractivity contribution is -0.0563. The van der Waals surface area contributed by atoms with Crippen molar-refractivity contribution in [1.82, 2.24) is 39.0 Å².